The van der Waals surface area contributed by atoms with Crippen LogP contribution in [0.3, 0.4) is 0 Å². The lowest BCUT2D eigenvalue weighted by Gasteiger charge is -2.38. The monoisotopic (exact) mass is 315 g/mol. The van der Waals surface area contributed by atoms with Crippen LogP contribution in [-0.2, 0) is 0 Å². The maximum Gasteiger partial charge on any atom is 0.0320 e. The second kappa shape index (κ2) is 8.27. The molecule has 1 aromatic rings. The second-order valence-corrected chi connectivity index (χ2v) is 7.34. The maximum atomic E-state index is 5.67. The molecule has 1 heterocycles. The SMILES string of the molecule is CC(c1ccc(C2CCCCC2)cc1)N1CCN(CCN)CC1. The molecule has 1 saturated carbocycles. The number of benzene rings is 1. The Labute approximate surface area is 141 Å². The average molecular weight is 316 g/mol. The van der Waals surface area contributed by atoms with Gasteiger partial charge in [0, 0.05) is 45.3 Å². The van der Waals surface area contributed by atoms with E-state index in [9.17, 15) is 0 Å². The fourth-order valence-electron chi connectivity index (χ4n) is 4.25. The van der Waals surface area contributed by atoms with Gasteiger partial charge in [-0.05, 0) is 36.8 Å². The Morgan fingerprint density at radius 2 is 1.65 bits per heavy atom. The predicted octanol–water partition coefficient (Wildman–Crippen LogP) is 3.37. The van der Waals surface area contributed by atoms with Crippen molar-refractivity contribution < 1.29 is 0 Å². The lowest BCUT2D eigenvalue weighted by Crippen LogP contribution is -2.48. The Hall–Kier alpha value is -0.900. The molecule has 1 saturated heterocycles. The van der Waals surface area contributed by atoms with Crippen molar-refractivity contribution in [2.45, 2.75) is 51.0 Å². The lowest BCUT2D eigenvalue weighted by atomic mass is 9.83. The summed E-state index contributed by atoms with van der Waals surface area (Å²) in [5.74, 6) is 0.813. The second-order valence-electron chi connectivity index (χ2n) is 7.34. The first-order chi connectivity index (χ1) is 11.3. The molecule has 23 heavy (non-hydrogen) atoms. The van der Waals surface area contributed by atoms with Crippen LogP contribution in [0.4, 0.5) is 0 Å². The molecule has 1 aromatic carbocycles. The Morgan fingerprint density at radius 3 is 2.26 bits per heavy atom. The number of piperazine rings is 1. The van der Waals surface area contributed by atoms with Crippen molar-refractivity contribution in [3.8, 4) is 0 Å². The smallest absolute Gasteiger partial charge is 0.0320 e. The molecule has 128 valence electrons. The summed E-state index contributed by atoms with van der Waals surface area (Å²) in [6.45, 7) is 8.80. The van der Waals surface area contributed by atoms with E-state index < -0.39 is 0 Å². The summed E-state index contributed by atoms with van der Waals surface area (Å²) < 4.78 is 0. The molecule has 1 aliphatic heterocycles. The third kappa shape index (κ3) is 4.34. The van der Waals surface area contributed by atoms with E-state index >= 15 is 0 Å². The van der Waals surface area contributed by atoms with Gasteiger partial charge in [0.25, 0.3) is 0 Å². The molecular formula is C20H33N3. The van der Waals surface area contributed by atoms with Crippen LogP contribution >= 0.6 is 0 Å². The molecule has 1 aliphatic carbocycles. The number of nitrogens with two attached hydrogens (primary N) is 1. The molecule has 1 atom stereocenters. The van der Waals surface area contributed by atoms with Gasteiger partial charge in [-0.2, -0.15) is 0 Å². The molecule has 2 N–H and O–H groups in total. The topological polar surface area (TPSA) is 32.5 Å². The van der Waals surface area contributed by atoms with Gasteiger partial charge in [-0.1, -0.05) is 43.5 Å². The number of nitrogens with zero attached hydrogens (tertiary/aromatic N) is 2. The van der Waals surface area contributed by atoms with Gasteiger partial charge in [0.1, 0.15) is 0 Å². The highest BCUT2D eigenvalue weighted by molar-refractivity contribution is 5.27. The highest BCUT2D eigenvalue weighted by atomic mass is 15.3. The van der Waals surface area contributed by atoms with Crippen molar-refractivity contribution >= 4 is 0 Å². The zero-order valence-corrected chi connectivity index (χ0v) is 14.7. The summed E-state index contributed by atoms with van der Waals surface area (Å²) in [5, 5.41) is 0. The van der Waals surface area contributed by atoms with Gasteiger partial charge in [0.15, 0.2) is 0 Å². The van der Waals surface area contributed by atoms with E-state index in [0.717, 1.165) is 45.2 Å². The lowest BCUT2D eigenvalue weighted by molar-refractivity contribution is 0.104. The van der Waals surface area contributed by atoms with E-state index in [1.807, 2.05) is 0 Å². The van der Waals surface area contributed by atoms with Crippen LogP contribution in [-0.4, -0.2) is 49.1 Å². The summed E-state index contributed by atoms with van der Waals surface area (Å²) in [7, 11) is 0. The molecule has 0 spiro atoms. The Bertz CT molecular complexity index is 456. The molecular weight excluding hydrogens is 282 g/mol. The van der Waals surface area contributed by atoms with E-state index in [0.29, 0.717) is 6.04 Å². The van der Waals surface area contributed by atoms with E-state index in [1.54, 1.807) is 5.56 Å². The standard InChI is InChI=1S/C20H33N3/c1-17(23-15-13-22(12-11-21)14-16-23)18-7-9-20(10-8-18)19-5-3-2-4-6-19/h7-10,17,19H,2-6,11-16,21H2,1H3. The Kier molecular flexibility index (Phi) is 6.09. The molecule has 2 fully saturated rings. The molecule has 2 aliphatic rings. The zero-order chi connectivity index (χ0) is 16.1. The molecule has 3 rings (SSSR count). The van der Waals surface area contributed by atoms with Crippen molar-refractivity contribution in [1.82, 2.24) is 9.80 Å². The molecule has 3 heteroatoms. The number of rotatable bonds is 5. The van der Waals surface area contributed by atoms with E-state index in [2.05, 4.69) is 41.0 Å². The van der Waals surface area contributed by atoms with Gasteiger partial charge in [-0.15, -0.1) is 0 Å². The third-order valence-corrected chi connectivity index (χ3v) is 5.90. The quantitative estimate of drug-likeness (QED) is 0.904. The summed E-state index contributed by atoms with van der Waals surface area (Å²) in [5.41, 5.74) is 8.70. The Balaban J connectivity index is 1.56. The van der Waals surface area contributed by atoms with Crippen LogP contribution in [0, 0.1) is 0 Å². The van der Waals surface area contributed by atoms with E-state index in [-0.39, 0.29) is 0 Å². The van der Waals surface area contributed by atoms with Crippen molar-refractivity contribution in [2.24, 2.45) is 5.73 Å². The molecule has 0 aromatic heterocycles. The minimum absolute atomic E-state index is 0.524. The van der Waals surface area contributed by atoms with Gasteiger partial charge in [0.2, 0.25) is 0 Å². The highest BCUT2D eigenvalue weighted by Crippen LogP contribution is 2.33. The molecule has 0 amide bonds. The summed E-state index contributed by atoms with van der Waals surface area (Å²) in [4.78, 5) is 5.10. The fourth-order valence-corrected chi connectivity index (χ4v) is 4.25. The van der Waals surface area contributed by atoms with Crippen molar-refractivity contribution in [3.63, 3.8) is 0 Å². The van der Waals surface area contributed by atoms with Gasteiger partial charge in [-0.3, -0.25) is 9.80 Å². The third-order valence-electron chi connectivity index (χ3n) is 5.90. The van der Waals surface area contributed by atoms with Crippen LogP contribution in [0.15, 0.2) is 24.3 Å². The van der Waals surface area contributed by atoms with Gasteiger partial charge >= 0.3 is 0 Å². The first kappa shape index (κ1) is 16.9. The fraction of sp³-hybridized carbons (Fsp3) is 0.700. The van der Waals surface area contributed by atoms with E-state index in [4.69, 9.17) is 5.73 Å². The van der Waals surface area contributed by atoms with Crippen LogP contribution in [0.25, 0.3) is 0 Å². The minimum Gasteiger partial charge on any atom is -0.329 e. The minimum atomic E-state index is 0.524. The molecule has 0 bridgehead atoms. The first-order valence-electron chi connectivity index (χ1n) is 9.54. The number of hydrogen-bond donors (Lipinski definition) is 1. The normalized spacial score (nSPS) is 23.0. The Morgan fingerprint density at radius 1 is 1.00 bits per heavy atom. The molecule has 0 radical (unpaired) electrons. The van der Waals surface area contributed by atoms with Crippen molar-refractivity contribution in [2.75, 3.05) is 39.3 Å². The number of hydrogen-bond acceptors (Lipinski definition) is 3. The summed E-state index contributed by atoms with van der Waals surface area (Å²) in [6.07, 6.45) is 7.03. The van der Waals surface area contributed by atoms with Crippen LogP contribution in [0.5, 0.6) is 0 Å². The van der Waals surface area contributed by atoms with Crippen molar-refractivity contribution in [1.29, 1.82) is 0 Å². The first-order valence-corrected chi connectivity index (χ1v) is 9.54. The van der Waals surface area contributed by atoms with Crippen LogP contribution in [0.1, 0.15) is 62.1 Å². The zero-order valence-electron chi connectivity index (χ0n) is 14.7. The average Bonchev–Trinajstić information content (AvgIpc) is 2.63. The summed E-state index contributed by atoms with van der Waals surface area (Å²) in [6, 6.07) is 10.1. The molecule has 3 nitrogen and oxygen atoms in total. The van der Waals surface area contributed by atoms with Crippen LogP contribution < -0.4 is 5.73 Å². The van der Waals surface area contributed by atoms with Gasteiger partial charge in [0.05, 0.1) is 0 Å². The maximum absolute atomic E-state index is 5.67. The van der Waals surface area contributed by atoms with E-state index in [1.165, 1.54) is 37.7 Å². The van der Waals surface area contributed by atoms with Crippen molar-refractivity contribution in [3.05, 3.63) is 35.4 Å². The highest BCUT2D eigenvalue weighted by Gasteiger charge is 2.22. The van der Waals surface area contributed by atoms with Crippen LogP contribution in [0.2, 0.25) is 0 Å². The molecule has 1 unspecified atom stereocenters. The van der Waals surface area contributed by atoms with Gasteiger partial charge in [-0.25, -0.2) is 0 Å². The largest absolute Gasteiger partial charge is 0.329 e. The predicted molar refractivity (Wildman–Crippen MR) is 97.8 cm³/mol. The summed E-state index contributed by atoms with van der Waals surface area (Å²) >= 11 is 0. The van der Waals surface area contributed by atoms with Gasteiger partial charge < -0.3 is 5.73 Å².